The van der Waals surface area contributed by atoms with Gasteiger partial charge in [0, 0.05) is 0 Å². The van der Waals surface area contributed by atoms with Crippen LogP contribution in [0.5, 0.6) is 0 Å². The highest BCUT2D eigenvalue weighted by atomic mass is 32.1. The third kappa shape index (κ3) is 3.33. The van der Waals surface area contributed by atoms with Crippen LogP contribution in [0.2, 0.25) is 0 Å². The SMILES string of the molecule is Cc1nc(C(C)NC(=O)C2(Cc3ccccc3)CC2)sc1C(=O)O. The Morgan fingerprint density at radius 2 is 2.00 bits per heavy atom. The molecule has 24 heavy (non-hydrogen) atoms. The Kier molecular flexibility index (Phi) is 4.41. The van der Waals surface area contributed by atoms with Crippen LogP contribution < -0.4 is 5.32 Å². The number of thiazole rings is 1. The van der Waals surface area contributed by atoms with Gasteiger partial charge in [-0.2, -0.15) is 0 Å². The second-order valence-corrected chi connectivity index (χ2v) is 7.44. The van der Waals surface area contributed by atoms with Crippen LogP contribution in [-0.4, -0.2) is 22.0 Å². The summed E-state index contributed by atoms with van der Waals surface area (Å²) < 4.78 is 0. The van der Waals surface area contributed by atoms with Gasteiger partial charge in [0.25, 0.3) is 0 Å². The molecule has 1 aromatic heterocycles. The minimum Gasteiger partial charge on any atom is -0.477 e. The van der Waals surface area contributed by atoms with Crippen LogP contribution >= 0.6 is 11.3 Å². The van der Waals surface area contributed by atoms with Crippen LogP contribution in [0.1, 0.15) is 51.7 Å². The van der Waals surface area contributed by atoms with Crippen molar-refractivity contribution in [3.8, 4) is 0 Å². The van der Waals surface area contributed by atoms with Gasteiger partial charge in [0.15, 0.2) is 0 Å². The standard InChI is InChI=1S/C18H20N2O3S/c1-11-14(16(21)22)24-15(19-11)12(2)20-17(23)18(8-9-18)10-13-6-4-3-5-7-13/h3-7,12H,8-10H2,1-2H3,(H,20,23)(H,21,22). The lowest BCUT2D eigenvalue weighted by Gasteiger charge is -2.18. The lowest BCUT2D eigenvalue weighted by molar-refractivity contribution is -0.127. The van der Waals surface area contributed by atoms with Gasteiger partial charge in [-0.05, 0) is 38.7 Å². The Morgan fingerprint density at radius 3 is 2.54 bits per heavy atom. The van der Waals surface area contributed by atoms with E-state index in [0.717, 1.165) is 36.2 Å². The number of hydrogen-bond donors (Lipinski definition) is 2. The van der Waals surface area contributed by atoms with Gasteiger partial charge in [-0.1, -0.05) is 30.3 Å². The van der Waals surface area contributed by atoms with E-state index < -0.39 is 5.97 Å². The number of aromatic carboxylic acids is 1. The normalized spacial score (nSPS) is 16.4. The first-order valence-corrected chi connectivity index (χ1v) is 8.78. The number of carboxylic acids is 1. The number of aromatic nitrogens is 1. The van der Waals surface area contributed by atoms with Crippen molar-refractivity contribution >= 4 is 23.2 Å². The summed E-state index contributed by atoms with van der Waals surface area (Å²) in [6.45, 7) is 3.52. The smallest absolute Gasteiger partial charge is 0.347 e. The van der Waals surface area contributed by atoms with E-state index >= 15 is 0 Å². The summed E-state index contributed by atoms with van der Waals surface area (Å²) in [5.41, 5.74) is 1.34. The number of benzene rings is 1. The zero-order valence-corrected chi connectivity index (χ0v) is 14.5. The number of aryl methyl sites for hydroxylation is 1. The maximum Gasteiger partial charge on any atom is 0.347 e. The molecule has 2 aromatic rings. The van der Waals surface area contributed by atoms with Crippen LogP contribution in [0, 0.1) is 12.3 Å². The molecule has 1 unspecified atom stereocenters. The molecule has 1 amide bonds. The fraction of sp³-hybridized carbons (Fsp3) is 0.389. The molecule has 1 atom stereocenters. The first kappa shape index (κ1) is 16.6. The summed E-state index contributed by atoms with van der Waals surface area (Å²) in [5, 5.41) is 12.8. The lowest BCUT2D eigenvalue weighted by Crippen LogP contribution is -2.35. The Labute approximate surface area is 144 Å². The fourth-order valence-electron chi connectivity index (χ4n) is 2.83. The predicted molar refractivity (Wildman–Crippen MR) is 92.2 cm³/mol. The third-order valence-corrected chi connectivity index (χ3v) is 5.77. The zero-order valence-electron chi connectivity index (χ0n) is 13.7. The molecule has 0 radical (unpaired) electrons. The average molecular weight is 344 g/mol. The van der Waals surface area contributed by atoms with Gasteiger partial charge in [-0.15, -0.1) is 11.3 Å². The number of nitrogens with one attached hydrogen (secondary N) is 1. The van der Waals surface area contributed by atoms with Crippen molar-refractivity contribution in [2.24, 2.45) is 5.41 Å². The molecule has 1 aliphatic carbocycles. The van der Waals surface area contributed by atoms with Crippen LogP contribution in [0.4, 0.5) is 0 Å². The largest absolute Gasteiger partial charge is 0.477 e. The number of hydrogen-bond acceptors (Lipinski definition) is 4. The fourth-order valence-corrected chi connectivity index (χ4v) is 3.74. The summed E-state index contributed by atoms with van der Waals surface area (Å²) in [6.07, 6.45) is 2.51. The number of carbonyl (C=O) groups excluding carboxylic acids is 1. The molecular formula is C18H20N2O3S. The topological polar surface area (TPSA) is 79.3 Å². The van der Waals surface area contributed by atoms with E-state index in [9.17, 15) is 9.59 Å². The van der Waals surface area contributed by atoms with E-state index in [0.29, 0.717) is 10.7 Å². The quantitative estimate of drug-likeness (QED) is 0.842. The van der Waals surface area contributed by atoms with Crippen LogP contribution in [0.3, 0.4) is 0 Å². The van der Waals surface area contributed by atoms with E-state index in [1.807, 2.05) is 37.3 Å². The molecule has 1 fully saturated rings. The summed E-state index contributed by atoms with van der Waals surface area (Å²) >= 11 is 1.13. The highest BCUT2D eigenvalue weighted by Gasteiger charge is 2.49. The van der Waals surface area contributed by atoms with Crippen molar-refractivity contribution in [1.82, 2.24) is 10.3 Å². The second-order valence-electron chi connectivity index (χ2n) is 6.41. The second kappa shape index (κ2) is 6.36. The molecule has 5 nitrogen and oxygen atoms in total. The van der Waals surface area contributed by atoms with Crippen LogP contribution in [0.25, 0.3) is 0 Å². The highest BCUT2D eigenvalue weighted by molar-refractivity contribution is 7.13. The van der Waals surface area contributed by atoms with Gasteiger partial charge in [0.1, 0.15) is 9.88 Å². The molecule has 126 valence electrons. The minimum atomic E-state index is -0.975. The Balaban J connectivity index is 1.68. The lowest BCUT2D eigenvalue weighted by atomic mass is 9.95. The Hall–Kier alpha value is -2.21. The first-order chi connectivity index (χ1) is 11.4. The molecule has 1 aliphatic rings. The Morgan fingerprint density at radius 1 is 1.33 bits per heavy atom. The molecule has 3 rings (SSSR count). The average Bonchev–Trinajstić information content (AvgIpc) is 3.21. The molecule has 6 heteroatoms. The monoisotopic (exact) mass is 344 g/mol. The van der Waals surface area contributed by atoms with E-state index in [-0.39, 0.29) is 22.2 Å². The van der Waals surface area contributed by atoms with E-state index in [1.165, 1.54) is 0 Å². The number of carboxylic acid groups (broad SMARTS) is 1. The summed E-state index contributed by atoms with van der Waals surface area (Å²) in [7, 11) is 0. The third-order valence-electron chi connectivity index (χ3n) is 4.45. The van der Waals surface area contributed by atoms with Gasteiger partial charge in [-0.25, -0.2) is 9.78 Å². The van der Waals surface area contributed by atoms with Crippen molar-refractivity contribution in [2.75, 3.05) is 0 Å². The van der Waals surface area contributed by atoms with Gasteiger partial charge in [0.05, 0.1) is 17.2 Å². The molecule has 0 saturated heterocycles. The summed E-state index contributed by atoms with van der Waals surface area (Å²) in [4.78, 5) is 28.4. The van der Waals surface area contributed by atoms with Gasteiger partial charge in [0.2, 0.25) is 5.91 Å². The van der Waals surface area contributed by atoms with Gasteiger partial charge in [-0.3, -0.25) is 4.79 Å². The molecule has 1 saturated carbocycles. The van der Waals surface area contributed by atoms with Crippen LogP contribution in [0.15, 0.2) is 30.3 Å². The van der Waals surface area contributed by atoms with Crippen LogP contribution in [-0.2, 0) is 11.2 Å². The molecule has 0 spiro atoms. The zero-order chi connectivity index (χ0) is 17.3. The van der Waals surface area contributed by atoms with Crippen molar-refractivity contribution in [3.05, 3.63) is 51.5 Å². The molecule has 0 aliphatic heterocycles. The molecule has 0 bridgehead atoms. The summed E-state index contributed by atoms with van der Waals surface area (Å²) in [5.74, 6) is -0.943. The number of amides is 1. The Bertz CT molecular complexity index is 766. The number of nitrogens with zero attached hydrogens (tertiary/aromatic N) is 1. The van der Waals surface area contributed by atoms with Crippen molar-refractivity contribution in [1.29, 1.82) is 0 Å². The molecule has 2 N–H and O–H groups in total. The molecule has 1 aromatic carbocycles. The highest BCUT2D eigenvalue weighted by Crippen LogP contribution is 2.49. The minimum absolute atomic E-state index is 0.0311. The van der Waals surface area contributed by atoms with Gasteiger partial charge >= 0.3 is 5.97 Å². The maximum absolute atomic E-state index is 12.7. The maximum atomic E-state index is 12.7. The van der Waals surface area contributed by atoms with Gasteiger partial charge < -0.3 is 10.4 Å². The molecule has 1 heterocycles. The number of rotatable bonds is 6. The predicted octanol–water partition coefficient (Wildman–Crippen LogP) is 3.35. The van der Waals surface area contributed by atoms with Crippen molar-refractivity contribution < 1.29 is 14.7 Å². The van der Waals surface area contributed by atoms with E-state index in [4.69, 9.17) is 5.11 Å². The van der Waals surface area contributed by atoms with E-state index in [1.54, 1.807) is 6.92 Å². The summed E-state index contributed by atoms with van der Waals surface area (Å²) in [6, 6.07) is 9.73. The first-order valence-electron chi connectivity index (χ1n) is 7.97. The van der Waals surface area contributed by atoms with Crippen molar-refractivity contribution in [2.45, 2.75) is 39.2 Å². The van der Waals surface area contributed by atoms with E-state index in [2.05, 4.69) is 10.3 Å². The van der Waals surface area contributed by atoms with Crippen molar-refractivity contribution in [3.63, 3.8) is 0 Å². The number of carbonyl (C=O) groups is 2. The molecular weight excluding hydrogens is 324 g/mol.